The lowest BCUT2D eigenvalue weighted by Crippen LogP contribution is -2.43. The Bertz CT molecular complexity index is 1050. The highest BCUT2D eigenvalue weighted by atomic mass is 16.5. The number of aromatic amines is 1. The predicted octanol–water partition coefficient (Wildman–Crippen LogP) is 1.52. The van der Waals surface area contributed by atoms with Crippen LogP contribution in [0.4, 0.5) is 0 Å². The van der Waals surface area contributed by atoms with E-state index in [2.05, 4.69) is 15.2 Å². The van der Waals surface area contributed by atoms with Gasteiger partial charge >= 0.3 is 5.97 Å². The molecule has 0 aromatic carbocycles. The van der Waals surface area contributed by atoms with E-state index in [1.54, 1.807) is 10.8 Å². The summed E-state index contributed by atoms with van der Waals surface area (Å²) in [5.74, 6) is -0.798. The summed E-state index contributed by atoms with van der Waals surface area (Å²) in [6.07, 6.45) is 4.41. The van der Waals surface area contributed by atoms with Crippen molar-refractivity contribution in [2.75, 3.05) is 20.2 Å². The molecule has 9 heteroatoms. The van der Waals surface area contributed by atoms with E-state index in [1.165, 1.54) is 7.11 Å². The smallest absolute Gasteiger partial charge is 0.360 e. The third kappa shape index (κ3) is 2.73. The molecule has 3 heterocycles. The van der Waals surface area contributed by atoms with E-state index in [0.717, 1.165) is 19.3 Å². The molecule has 2 aromatic rings. The summed E-state index contributed by atoms with van der Waals surface area (Å²) in [6, 6.07) is 0.134. The highest BCUT2D eigenvalue weighted by Gasteiger charge is 2.42. The molecular formula is C19H23N5O4. The normalized spacial score (nSPS) is 19.5. The Morgan fingerprint density at radius 1 is 1.39 bits per heavy atom. The van der Waals surface area contributed by atoms with Crippen LogP contribution in [0.25, 0.3) is 10.9 Å². The molecule has 1 N–H and O–H groups in total. The molecule has 4 rings (SSSR count). The van der Waals surface area contributed by atoms with Crippen molar-refractivity contribution < 1.29 is 14.3 Å². The van der Waals surface area contributed by atoms with Gasteiger partial charge in [0.05, 0.1) is 18.0 Å². The number of aliphatic imine (C=N–C) groups is 1. The molecule has 9 nitrogen and oxygen atoms in total. The first-order chi connectivity index (χ1) is 13.5. The molecule has 1 aliphatic carbocycles. The molecule has 0 bridgehead atoms. The van der Waals surface area contributed by atoms with Gasteiger partial charge in [-0.05, 0) is 26.2 Å². The Balaban J connectivity index is 2.06. The minimum absolute atomic E-state index is 0.00647. The van der Waals surface area contributed by atoms with E-state index in [0.29, 0.717) is 29.9 Å². The summed E-state index contributed by atoms with van der Waals surface area (Å²) in [4.78, 5) is 44.6. The quantitative estimate of drug-likeness (QED) is 0.620. The largest absolute Gasteiger partial charge is 0.464 e. The van der Waals surface area contributed by atoms with E-state index in [4.69, 9.17) is 4.74 Å². The molecule has 0 radical (unpaired) electrons. The summed E-state index contributed by atoms with van der Waals surface area (Å²) in [5.41, 5.74) is 0.706. The Morgan fingerprint density at radius 3 is 2.79 bits per heavy atom. The van der Waals surface area contributed by atoms with Gasteiger partial charge in [0.1, 0.15) is 5.69 Å². The van der Waals surface area contributed by atoms with Crippen LogP contribution in [0.2, 0.25) is 0 Å². The number of carbonyl (C=O) groups is 2. The third-order valence-corrected chi connectivity index (χ3v) is 5.27. The average Bonchev–Trinajstić information content (AvgIpc) is 3.46. The second-order valence-electron chi connectivity index (χ2n) is 7.32. The second kappa shape index (κ2) is 6.88. The maximum absolute atomic E-state index is 13.3. The molecule has 1 aliphatic heterocycles. The van der Waals surface area contributed by atoms with Crippen molar-refractivity contribution in [1.82, 2.24) is 19.7 Å². The molecule has 28 heavy (non-hydrogen) atoms. The van der Waals surface area contributed by atoms with Crippen LogP contribution in [0.15, 0.2) is 9.79 Å². The van der Waals surface area contributed by atoms with Gasteiger partial charge in [-0.1, -0.05) is 6.92 Å². The zero-order chi connectivity index (χ0) is 20.0. The van der Waals surface area contributed by atoms with Crippen LogP contribution >= 0.6 is 0 Å². The Morgan fingerprint density at radius 2 is 2.14 bits per heavy atom. The summed E-state index contributed by atoms with van der Waals surface area (Å²) in [6.45, 7) is 5.08. The van der Waals surface area contributed by atoms with Crippen LogP contribution in [0.3, 0.4) is 0 Å². The van der Waals surface area contributed by atoms with E-state index in [1.807, 2.05) is 18.7 Å². The summed E-state index contributed by atoms with van der Waals surface area (Å²) in [7, 11) is 1.26. The van der Waals surface area contributed by atoms with Gasteiger partial charge in [0.15, 0.2) is 5.69 Å². The lowest BCUT2D eigenvalue weighted by molar-refractivity contribution is 0.0590. The van der Waals surface area contributed by atoms with Crippen LogP contribution in [-0.4, -0.2) is 64.0 Å². The van der Waals surface area contributed by atoms with E-state index >= 15 is 0 Å². The van der Waals surface area contributed by atoms with E-state index in [-0.39, 0.29) is 29.1 Å². The number of rotatable bonds is 5. The topological polar surface area (TPSA) is 110 Å². The first-order valence-corrected chi connectivity index (χ1v) is 9.55. The zero-order valence-electron chi connectivity index (χ0n) is 16.2. The number of nitrogens with zero attached hydrogens (tertiary/aromatic N) is 4. The number of aromatic nitrogens is 3. The Kier molecular flexibility index (Phi) is 4.52. The summed E-state index contributed by atoms with van der Waals surface area (Å²) in [5, 5.41) is 6.54. The molecule has 1 atom stereocenters. The van der Waals surface area contributed by atoms with Crippen molar-refractivity contribution >= 4 is 29.0 Å². The minimum atomic E-state index is -0.664. The second-order valence-corrected chi connectivity index (χ2v) is 7.32. The molecule has 0 saturated heterocycles. The number of esters is 1. The van der Waals surface area contributed by atoms with Gasteiger partial charge in [-0.25, -0.2) is 9.89 Å². The molecule has 1 unspecified atom stereocenters. The standard InChI is InChI=1S/C19H23N5O4/c1-4-7-20-8-12-13-16(14(19(27)28-3)21-22-17(13)25)24-10(2)9-23(11-5-6-11)18(26)15(12)24/h8,10-11H,4-7,9H2,1-3H3,(H,22,25). The van der Waals surface area contributed by atoms with Crippen LogP contribution < -0.4 is 5.56 Å². The number of amides is 1. The number of hydrogen-bond acceptors (Lipinski definition) is 6. The van der Waals surface area contributed by atoms with Crippen molar-refractivity contribution in [1.29, 1.82) is 0 Å². The fourth-order valence-electron chi connectivity index (χ4n) is 3.88. The van der Waals surface area contributed by atoms with E-state index in [9.17, 15) is 14.4 Å². The van der Waals surface area contributed by atoms with E-state index < -0.39 is 11.5 Å². The van der Waals surface area contributed by atoms with Crippen molar-refractivity contribution in [3.63, 3.8) is 0 Å². The number of ether oxygens (including phenoxy) is 1. The van der Waals surface area contributed by atoms with Crippen LogP contribution in [-0.2, 0) is 4.74 Å². The monoisotopic (exact) mass is 385 g/mol. The van der Waals surface area contributed by atoms with Crippen LogP contribution in [0, 0.1) is 0 Å². The third-order valence-electron chi connectivity index (χ3n) is 5.27. The van der Waals surface area contributed by atoms with Gasteiger partial charge in [0, 0.05) is 37.0 Å². The molecule has 1 fully saturated rings. The number of hydrogen-bond donors (Lipinski definition) is 1. The number of methoxy groups -OCH3 is 1. The molecule has 2 aliphatic rings. The molecule has 1 saturated carbocycles. The SMILES string of the molecule is CCCN=Cc1c2n(c3c(C(=O)OC)n[nH]c(=O)c13)C(C)CN(C1CC1)C2=O. The molecule has 0 spiro atoms. The lowest BCUT2D eigenvalue weighted by atomic mass is 10.1. The van der Waals surface area contributed by atoms with Gasteiger partial charge in [0.2, 0.25) is 0 Å². The molecule has 148 valence electrons. The lowest BCUT2D eigenvalue weighted by Gasteiger charge is -2.34. The van der Waals surface area contributed by atoms with Gasteiger partial charge in [-0.15, -0.1) is 0 Å². The van der Waals surface area contributed by atoms with Crippen LogP contribution in [0.1, 0.15) is 65.7 Å². The fourth-order valence-corrected chi connectivity index (χ4v) is 3.88. The van der Waals surface area contributed by atoms with Crippen LogP contribution in [0.5, 0.6) is 0 Å². The van der Waals surface area contributed by atoms with Crippen molar-refractivity contribution in [2.24, 2.45) is 4.99 Å². The van der Waals surface area contributed by atoms with Gasteiger partial charge in [0.25, 0.3) is 11.5 Å². The predicted molar refractivity (Wildman–Crippen MR) is 103 cm³/mol. The molecule has 1 amide bonds. The number of carbonyl (C=O) groups excluding carboxylic acids is 2. The maximum Gasteiger partial charge on any atom is 0.360 e. The first-order valence-electron chi connectivity index (χ1n) is 9.55. The van der Waals surface area contributed by atoms with Gasteiger partial charge in [-0.2, -0.15) is 5.10 Å². The fraction of sp³-hybridized carbons (Fsp3) is 0.526. The number of H-pyrrole nitrogens is 1. The zero-order valence-corrected chi connectivity index (χ0v) is 16.2. The van der Waals surface area contributed by atoms with Crippen molar-refractivity contribution in [2.45, 2.75) is 45.2 Å². The number of nitrogens with one attached hydrogen (secondary N) is 1. The van der Waals surface area contributed by atoms with Gasteiger partial charge < -0.3 is 14.2 Å². The molecular weight excluding hydrogens is 362 g/mol. The first kappa shape index (κ1) is 18.4. The van der Waals surface area contributed by atoms with Crippen molar-refractivity contribution in [3.8, 4) is 0 Å². The summed E-state index contributed by atoms with van der Waals surface area (Å²) < 4.78 is 6.61. The highest BCUT2D eigenvalue weighted by Crippen LogP contribution is 2.37. The Hall–Kier alpha value is -2.97. The highest BCUT2D eigenvalue weighted by molar-refractivity contribution is 6.14. The van der Waals surface area contributed by atoms with Crippen molar-refractivity contribution in [3.05, 3.63) is 27.3 Å². The maximum atomic E-state index is 13.3. The van der Waals surface area contributed by atoms with Gasteiger partial charge in [-0.3, -0.25) is 14.6 Å². The average molecular weight is 385 g/mol. The Labute approximate surface area is 161 Å². The summed E-state index contributed by atoms with van der Waals surface area (Å²) >= 11 is 0. The number of fused-ring (bicyclic) bond motifs is 3. The minimum Gasteiger partial charge on any atom is -0.464 e. The molecule has 2 aromatic heterocycles.